The summed E-state index contributed by atoms with van der Waals surface area (Å²) in [5.41, 5.74) is 2.20. The topological polar surface area (TPSA) is 84.0 Å². The minimum absolute atomic E-state index is 0.110. The zero-order chi connectivity index (χ0) is 13.0. The van der Waals surface area contributed by atoms with Crippen molar-refractivity contribution < 1.29 is 9.13 Å². The zero-order valence-electron chi connectivity index (χ0n) is 9.22. The van der Waals surface area contributed by atoms with Gasteiger partial charge in [0.05, 0.1) is 0 Å². The van der Waals surface area contributed by atoms with Crippen LogP contribution in [-0.2, 0) is 0 Å². The summed E-state index contributed by atoms with van der Waals surface area (Å²) in [6, 6.07) is 10.8. The Hall–Kier alpha value is -2.65. The van der Waals surface area contributed by atoms with Gasteiger partial charge >= 0.3 is 0 Å². The molecule has 0 aliphatic carbocycles. The number of ether oxygens (including phenoxy) is 1. The normalized spacial score (nSPS) is 9.61. The molecule has 0 saturated carbocycles. The van der Waals surface area contributed by atoms with E-state index in [4.69, 9.17) is 15.8 Å². The molecule has 0 fully saturated rings. The Morgan fingerprint density at radius 3 is 2.78 bits per heavy atom. The molecule has 1 aromatic carbocycles. The second-order valence-electron chi connectivity index (χ2n) is 3.33. The number of pyridine rings is 1. The maximum Gasteiger partial charge on any atom is 0.221 e. The summed E-state index contributed by atoms with van der Waals surface area (Å²) in [5.74, 6) is 5.31. The summed E-state index contributed by atoms with van der Waals surface area (Å²) in [7, 11) is 0. The van der Waals surface area contributed by atoms with Crippen LogP contribution in [-0.4, -0.2) is 4.98 Å². The van der Waals surface area contributed by atoms with Crippen LogP contribution in [0.2, 0.25) is 0 Å². The number of anilines is 1. The quantitative estimate of drug-likeness (QED) is 0.638. The summed E-state index contributed by atoms with van der Waals surface area (Å²) in [5, 5.41) is 8.86. The van der Waals surface area contributed by atoms with Gasteiger partial charge in [0.2, 0.25) is 5.88 Å². The van der Waals surface area contributed by atoms with Crippen molar-refractivity contribution in [3.8, 4) is 17.7 Å². The molecule has 2 aromatic rings. The molecule has 6 heteroatoms. The first-order chi connectivity index (χ1) is 8.74. The molecule has 1 heterocycles. The Balaban J connectivity index is 2.34. The molecule has 1 aromatic heterocycles. The Morgan fingerprint density at radius 2 is 2.06 bits per heavy atom. The molecule has 0 radical (unpaired) electrons. The highest BCUT2D eigenvalue weighted by molar-refractivity contribution is 5.46. The number of nitrogens with two attached hydrogens (primary N) is 1. The molecule has 3 N–H and O–H groups in total. The molecule has 0 bridgehead atoms. The van der Waals surface area contributed by atoms with E-state index in [1.807, 2.05) is 0 Å². The Morgan fingerprint density at radius 1 is 1.28 bits per heavy atom. The first kappa shape index (κ1) is 11.8. The van der Waals surface area contributed by atoms with Crippen LogP contribution in [0.1, 0.15) is 5.56 Å². The van der Waals surface area contributed by atoms with E-state index in [0.29, 0.717) is 5.82 Å². The third-order valence-corrected chi connectivity index (χ3v) is 2.17. The standard InChI is InChI=1S/C12H9FN4O/c13-9-3-1-4-10(8(9)7-14)18-12-6-2-5-11(16-12)17-15/h1-6H,15H2,(H,16,17). The maximum atomic E-state index is 13.3. The lowest BCUT2D eigenvalue weighted by Gasteiger charge is -2.07. The van der Waals surface area contributed by atoms with Crippen molar-refractivity contribution in [3.05, 3.63) is 47.8 Å². The molecule has 0 spiro atoms. The molecule has 0 aliphatic rings. The van der Waals surface area contributed by atoms with Gasteiger partial charge in [0, 0.05) is 6.07 Å². The number of rotatable bonds is 3. The summed E-state index contributed by atoms with van der Waals surface area (Å²) in [6.45, 7) is 0. The molecular formula is C12H9FN4O. The van der Waals surface area contributed by atoms with Gasteiger partial charge in [0.1, 0.15) is 29.0 Å². The number of hydrazine groups is 1. The van der Waals surface area contributed by atoms with Crippen LogP contribution in [0.25, 0.3) is 0 Å². The summed E-state index contributed by atoms with van der Waals surface area (Å²) in [6.07, 6.45) is 0. The summed E-state index contributed by atoms with van der Waals surface area (Å²) in [4.78, 5) is 4.00. The number of nitrogens with zero attached hydrogens (tertiary/aromatic N) is 2. The predicted octanol–water partition coefficient (Wildman–Crippen LogP) is 2.17. The Kier molecular flexibility index (Phi) is 3.36. The number of nitrogen functional groups attached to an aromatic ring is 1. The van der Waals surface area contributed by atoms with Gasteiger partial charge in [-0.2, -0.15) is 10.2 Å². The number of benzene rings is 1. The van der Waals surface area contributed by atoms with Crippen molar-refractivity contribution in [2.24, 2.45) is 5.84 Å². The first-order valence-corrected chi connectivity index (χ1v) is 5.04. The monoisotopic (exact) mass is 244 g/mol. The van der Waals surface area contributed by atoms with Gasteiger partial charge in [-0.05, 0) is 18.2 Å². The average molecular weight is 244 g/mol. The van der Waals surface area contributed by atoms with Crippen molar-refractivity contribution in [1.82, 2.24) is 4.98 Å². The Labute approximate surface area is 103 Å². The molecule has 0 unspecified atom stereocenters. The van der Waals surface area contributed by atoms with Crippen molar-refractivity contribution >= 4 is 5.82 Å². The number of nitrogens with one attached hydrogen (secondary N) is 1. The largest absolute Gasteiger partial charge is 0.437 e. The summed E-state index contributed by atoms with van der Waals surface area (Å²) < 4.78 is 18.7. The minimum atomic E-state index is -0.636. The predicted molar refractivity (Wildman–Crippen MR) is 63.2 cm³/mol. The lowest BCUT2D eigenvalue weighted by Crippen LogP contribution is -2.08. The van der Waals surface area contributed by atoms with E-state index in [-0.39, 0.29) is 17.2 Å². The molecule has 0 aliphatic heterocycles. The van der Waals surface area contributed by atoms with E-state index in [0.717, 1.165) is 0 Å². The number of hydrogen-bond acceptors (Lipinski definition) is 5. The number of halogens is 1. The minimum Gasteiger partial charge on any atom is -0.437 e. The second-order valence-corrected chi connectivity index (χ2v) is 3.33. The van der Waals surface area contributed by atoms with E-state index < -0.39 is 5.82 Å². The fourth-order valence-corrected chi connectivity index (χ4v) is 1.36. The second kappa shape index (κ2) is 5.12. The van der Waals surface area contributed by atoms with E-state index in [1.165, 1.54) is 18.2 Å². The molecule has 5 nitrogen and oxygen atoms in total. The lowest BCUT2D eigenvalue weighted by molar-refractivity contribution is 0.456. The third-order valence-electron chi connectivity index (χ3n) is 2.17. The number of hydrogen-bond donors (Lipinski definition) is 2. The molecule has 90 valence electrons. The van der Waals surface area contributed by atoms with Crippen LogP contribution < -0.4 is 16.0 Å². The van der Waals surface area contributed by atoms with Crippen molar-refractivity contribution in [1.29, 1.82) is 5.26 Å². The molecule has 2 rings (SSSR count). The molecule has 0 saturated heterocycles. The highest BCUT2D eigenvalue weighted by atomic mass is 19.1. The van der Waals surface area contributed by atoms with E-state index in [9.17, 15) is 4.39 Å². The van der Waals surface area contributed by atoms with Crippen LogP contribution in [0.5, 0.6) is 11.6 Å². The fraction of sp³-hybridized carbons (Fsp3) is 0. The smallest absolute Gasteiger partial charge is 0.221 e. The highest BCUT2D eigenvalue weighted by Gasteiger charge is 2.10. The van der Waals surface area contributed by atoms with Crippen LogP contribution in [0, 0.1) is 17.1 Å². The van der Waals surface area contributed by atoms with E-state index >= 15 is 0 Å². The van der Waals surface area contributed by atoms with Crippen molar-refractivity contribution in [2.75, 3.05) is 5.43 Å². The first-order valence-electron chi connectivity index (χ1n) is 5.04. The van der Waals surface area contributed by atoms with Crippen molar-refractivity contribution in [3.63, 3.8) is 0 Å². The van der Waals surface area contributed by atoms with Gasteiger partial charge in [-0.3, -0.25) is 0 Å². The van der Waals surface area contributed by atoms with Crippen molar-refractivity contribution in [2.45, 2.75) is 0 Å². The molecule has 18 heavy (non-hydrogen) atoms. The maximum absolute atomic E-state index is 13.3. The van der Waals surface area contributed by atoms with Gasteiger partial charge in [-0.25, -0.2) is 10.2 Å². The fourth-order valence-electron chi connectivity index (χ4n) is 1.36. The molecular weight excluding hydrogens is 235 g/mol. The van der Waals surface area contributed by atoms with E-state index in [2.05, 4.69) is 10.4 Å². The molecule has 0 atom stereocenters. The van der Waals surface area contributed by atoms with Gasteiger partial charge in [0.25, 0.3) is 0 Å². The van der Waals surface area contributed by atoms with Crippen LogP contribution in [0.3, 0.4) is 0 Å². The van der Waals surface area contributed by atoms with E-state index in [1.54, 1.807) is 24.3 Å². The summed E-state index contributed by atoms with van der Waals surface area (Å²) >= 11 is 0. The van der Waals surface area contributed by atoms with Gasteiger partial charge in [-0.1, -0.05) is 12.1 Å². The highest BCUT2D eigenvalue weighted by Crippen LogP contribution is 2.25. The average Bonchev–Trinajstić information content (AvgIpc) is 2.39. The zero-order valence-corrected chi connectivity index (χ0v) is 9.22. The Bertz CT molecular complexity index is 609. The number of nitriles is 1. The lowest BCUT2D eigenvalue weighted by atomic mass is 10.2. The molecule has 0 amide bonds. The third kappa shape index (κ3) is 2.36. The van der Waals surface area contributed by atoms with Crippen LogP contribution in [0.4, 0.5) is 10.2 Å². The van der Waals surface area contributed by atoms with Gasteiger partial charge in [-0.15, -0.1) is 0 Å². The number of aromatic nitrogens is 1. The van der Waals surface area contributed by atoms with Gasteiger partial charge < -0.3 is 10.2 Å². The SMILES string of the molecule is N#Cc1c(F)cccc1Oc1cccc(NN)n1. The van der Waals surface area contributed by atoms with Crippen LogP contribution >= 0.6 is 0 Å². The van der Waals surface area contributed by atoms with Crippen LogP contribution in [0.15, 0.2) is 36.4 Å². The van der Waals surface area contributed by atoms with Gasteiger partial charge in [0.15, 0.2) is 0 Å².